The van der Waals surface area contributed by atoms with Crippen LogP contribution in [0.4, 0.5) is 15.9 Å². The number of hydrogen-bond acceptors (Lipinski definition) is 6. The van der Waals surface area contributed by atoms with Crippen LogP contribution in [-0.2, 0) is 4.79 Å². The van der Waals surface area contributed by atoms with Crippen molar-refractivity contribution in [1.82, 2.24) is 15.5 Å². The van der Waals surface area contributed by atoms with Crippen LogP contribution in [0.15, 0.2) is 36.5 Å². The molecule has 0 atom stereocenters. The van der Waals surface area contributed by atoms with Crippen LogP contribution in [0.3, 0.4) is 0 Å². The predicted molar refractivity (Wildman–Crippen MR) is 89.8 cm³/mol. The van der Waals surface area contributed by atoms with Crippen LogP contribution in [0.25, 0.3) is 0 Å². The first kappa shape index (κ1) is 17.5. The van der Waals surface area contributed by atoms with Crippen molar-refractivity contribution in [3.8, 4) is 5.75 Å². The fraction of sp³-hybridized carbons (Fsp3) is 0.312. The molecule has 0 aliphatic rings. The van der Waals surface area contributed by atoms with E-state index in [4.69, 9.17) is 4.74 Å². The molecule has 24 heavy (non-hydrogen) atoms. The minimum Gasteiger partial charge on any atom is -0.481 e. The molecule has 0 bridgehead atoms. The average molecular weight is 333 g/mol. The zero-order valence-corrected chi connectivity index (χ0v) is 13.6. The van der Waals surface area contributed by atoms with Gasteiger partial charge in [0.15, 0.2) is 24.0 Å². The van der Waals surface area contributed by atoms with Crippen LogP contribution in [0.2, 0.25) is 0 Å². The molecule has 2 N–H and O–H groups in total. The van der Waals surface area contributed by atoms with Gasteiger partial charge in [-0.25, -0.2) is 4.39 Å². The Hall–Kier alpha value is -2.90. The normalized spacial score (nSPS) is 10.1. The van der Waals surface area contributed by atoms with E-state index in [2.05, 4.69) is 20.8 Å². The Bertz CT molecular complexity index is 681. The van der Waals surface area contributed by atoms with Gasteiger partial charge in [-0.15, -0.1) is 5.10 Å². The van der Waals surface area contributed by atoms with E-state index in [0.717, 1.165) is 5.69 Å². The number of aromatic nitrogens is 2. The summed E-state index contributed by atoms with van der Waals surface area (Å²) < 4.78 is 18.5. The number of nitrogens with one attached hydrogen (secondary N) is 2. The first-order valence-electron chi connectivity index (χ1n) is 7.44. The molecule has 0 saturated heterocycles. The second kappa shape index (κ2) is 8.66. The second-order valence-electron chi connectivity index (χ2n) is 5.19. The Morgan fingerprint density at radius 2 is 2.08 bits per heavy atom. The molecule has 0 unspecified atom stereocenters. The third-order valence-corrected chi connectivity index (χ3v) is 3.11. The molecule has 0 aliphatic carbocycles. The fourth-order valence-electron chi connectivity index (χ4n) is 1.84. The van der Waals surface area contributed by atoms with Crippen molar-refractivity contribution in [2.45, 2.75) is 0 Å². The number of rotatable bonds is 8. The molecule has 0 radical (unpaired) electrons. The Labute approximate surface area is 139 Å². The summed E-state index contributed by atoms with van der Waals surface area (Å²) in [6.07, 6.45) is 1.66. The van der Waals surface area contributed by atoms with Crippen molar-refractivity contribution in [3.63, 3.8) is 0 Å². The highest BCUT2D eigenvalue weighted by molar-refractivity contribution is 5.77. The molecule has 0 aliphatic heterocycles. The Morgan fingerprint density at radius 1 is 1.29 bits per heavy atom. The number of halogens is 1. The lowest BCUT2D eigenvalue weighted by atomic mass is 10.3. The maximum Gasteiger partial charge on any atom is 0.258 e. The van der Waals surface area contributed by atoms with Crippen molar-refractivity contribution in [2.24, 2.45) is 0 Å². The monoisotopic (exact) mass is 333 g/mol. The van der Waals surface area contributed by atoms with E-state index in [9.17, 15) is 9.18 Å². The number of amides is 1. The zero-order chi connectivity index (χ0) is 17.4. The smallest absolute Gasteiger partial charge is 0.258 e. The van der Waals surface area contributed by atoms with E-state index in [1.807, 2.05) is 25.1 Å². The highest BCUT2D eigenvalue weighted by Gasteiger charge is 2.06. The molecule has 128 valence electrons. The quantitative estimate of drug-likeness (QED) is 0.709. The highest BCUT2D eigenvalue weighted by Crippen LogP contribution is 2.15. The summed E-state index contributed by atoms with van der Waals surface area (Å²) in [5.74, 6) is -0.140. The van der Waals surface area contributed by atoms with E-state index in [-0.39, 0.29) is 18.3 Å². The maximum atomic E-state index is 13.3. The Kier molecular flexibility index (Phi) is 6.30. The van der Waals surface area contributed by atoms with Crippen LogP contribution in [-0.4, -0.2) is 49.9 Å². The molecule has 0 fully saturated rings. The van der Waals surface area contributed by atoms with Crippen LogP contribution < -0.4 is 20.3 Å². The first-order valence-corrected chi connectivity index (χ1v) is 7.44. The summed E-state index contributed by atoms with van der Waals surface area (Å²) in [5, 5.41) is 13.6. The lowest BCUT2D eigenvalue weighted by molar-refractivity contribution is -0.123. The van der Waals surface area contributed by atoms with Gasteiger partial charge in [-0.1, -0.05) is 12.1 Å². The summed E-state index contributed by atoms with van der Waals surface area (Å²) in [6.45, 7) is 0.626. The van der Waals surface area contributed by atoms with E-state index in [1.165, 1.54) is 12.1 Å². The standard InChI is InChI=1S/C16H20FN5O2/c1-22(2)12-9-15(21-20-10-12)18-7-8-19-16(23)11-24-14-6-4-3-5-13(14)17/h3-6,9-10H,7-8,11H2,1-2H3,(H,18,21)(H,19,23). The highest BCUT2D eigenvalue weighted by atomic mass is 19.1. The number of anilines is 2. The number of benzene rings is 1. The van der Waals surface area contributed by atoms with Crippen molar-refractivity contribution in [2.75, 3.05) is 44.0 Å². The van der Waals surface area contributed by atoms with Crippen LogP contribution in [0.5, 0.6) is 5.75 Å². The minimum atomic E-state index is -0.494. The van der Waals surface area contributed by atoms with Crippen LogP contribution >= 0.6 is 0 Å². The topological polar surface area (TPSA) is 79.4 Å². The first-order chi connectivity index (χ1) is 11.6. The molecule has 2 aromatic rings. The largest absolute Gasteiger partial charge is 0.481 e. The zero-order valence-electron chi connectivity index (χ0n) is 13.6. The third-order valence-electron chi connectivity index (χ3n) is 3.11. The molecule has 0 saturated carbocycles. The van der Waals surface area contributed by atoms with Gasteiger partial charge >= 0.3 is 0 Å². The summed E-state index contributed by atoms with van der Waals surface area (Å²) in [4.78, 5) is 13.6. The maximum absolute atomic E-state index is 13.3. The van der Waals surface area contributed by atoms with E-state index in [1.54, 1.807) is 18.3 Å². The second-order valence-corrected chi connectivity index (χ2v) is 5.19. The number of para-hydroxylation sites is 1. The Balaban J connectivity index is 1.68. The molecular formula is C16H20FN5O2. The molecule has 1 amide bonds. The summed E-state index contributed by atoms with van der Waals surface area (Å²) in [7, 11) is 3.83. The van der Waals surface area contributed by atoms with E-state index < -0.39 is 5.82 Å². The summed E-state index contributed by atoms with van der Waals surface area (Å²) >= 11 is 0. The third kappa shape index (κ3) is 5.38. The van der Waals surface area contributed by atoms with Gasteiger partial charge in [0.1, 0.15) is 0 Å². The molecule has 7 nitrogen and oxygen atoms in total. The molecule has 1 aromatic heterocycles. The van der Waals surface area contributed by atoms with Crippen LogP contribution in [0, 0.1) is 5.82 Å². The average Bonchev–Trinajstić information content (AvgIpc) is 2.58. The van der Waals surface area contributed by atoms with Gasteiger partial charge in [0.25, 0.3) is 5.91 Å². The molecule has 8 heteroatoms. The molecule has 1 heterocycles. The predicted octanol–water partition coefficient (Wildman–Crippen LogP) is 1.29. The van der Waals surface area contributed by atoms with Gasteiger partial charge in [-0.3, -0.25) is 4.79 Å². The molecule has 1 aromatic carbocycles. The van der Waals surface area contributed by atoms with Crippen molar-refractivity contribution < 1.29 is 13.9 Å². The van der Waals surface area contributed by atoms with Gasteiger partial charge in [0, 0.05) is 33.3 Å². The number of carbonyl (C=O) groups is 1. The Morgan fingerprint density at radius 3 is 2.83 bits per heavy atom. The number of nitrogens with zero attached hydrogens (tertiary/aromatic N) is 3. The van der Waals surface area contributed by atoms with Gasteiger partial charge in [-0.05, 0) is 12.1 Å². The van der Waals surface area contributed by atoms with Gasteiger partial charge in [0.05, 0.1) is 11.9 Å². The van der Waals surface area contributed by atoms with Gasteiger partial charge in [-0.2, -0.15) is 5.10 Å². The van der Waals surface area contributed by atoms with Crippen molar-refractivity contribution >= 4 is 17.4 Å². The number of hydrogen-bond donors (Lipinski definition) is 2. The van der Waals surface area contributed by atoms with E-state index in [0.29, 0.717) is 18.9 Å². The molecule has 0 spiro atoms. The fourth-order valence-corrected chi connectivity index (χ4v) is 1.84. The van der Waals surface area contributed by atoms with Crippen LogP contribution in [0.1, 0.15) is 0 Å². The number of ether oxygens (including phenoxy) is 1. The van der Waals surface area contributed by atoms with Crippen molar-refractivity contribution in [1.29, 1.82) is 0 Å². The lowest BCUT2D eigenvalue weighted by Crippen LogP contribution is -2.32. The minimum absolute atomic E-state index is 0.0570. The van der Waals surface area contributed by atoms with Gasteiger partial charge < -0.3 is 20.3 Å². The summed E-state index contributed by atoms with van der Waals surface area (Å²) in [5.41, 5.74) is 0.926. The van der Waals surface area contributed by atoms with E-state index >= 15 is 0 Å². The SMILES string of the molecule is CN(C)c1cnnc(NCCNC(=O)COc2ccccc2F)c1. The molecule has 2 rings (SSSR count). The van der Waals surface area contributed by atoms with Gasteiger partial charge in [0.2, 0.25) is 0 Å². The lowest BCUT2D eigenvalue weighted by Gasteiger charge is -2.13. The number of carbonyl (C=O) groups excluding carboxylic acids is 1. The summed E-state index contributed by atoms with van der Waals surface area (Å²) in [6, 6.07) is 7.81. The molecular weight excluding hydrogens is 313 g/mol. The van der Waals surface area contributed by atoms with Crippen molar-refractivity contribution in [3.05, 3.63) is 42.3 Å².